The van der Waals surface area contributed by atoms with Crippen molar-refractivity contribution in [1.29, 1.82) is 0 Å². The summed E-state index contributed by atoms with van der Waals surface area (Å²) in [5, 5.41) is 9.56. The van der Waals surface area contributed by atoms with Crippen molar-refractivity contribution in [2.45, 2.75) is 39.2 Å². The van der Waals surface area contributed by atoms with Crippen molar-refractivity contribution in [2.24, 2.45) is 17.8 Å². The maximum Gasteiger partial charge on any atom is 0.0546 e. The zero-order valence-electron chi connectivity index (χ0n) is 7.96. The Balaban J connectivity index is 2.14. The molecule has 0 heterocycles. The Bertz CT molecular complexity index is 205. The monoisotopic (exact) mass is 166 g/mol. The van der Waals surface area contributed by atoms with Crippen LogP contribution in [0, 0.1) is 17.8 Å². The Kier molecular flexibility index (Phi) is 1.99. The van der Waals surface area contributed by atoms with E-state index < -0.39 is 0 Å². The number of aliphatic hydroxyl groups excluding tert-OH is 1. The minimum absolute atomic E-state index is 0.102. The molecule has 0 saturated heterocycles. The van der Waals surface area contributed by atoms with Crippen molar-refractivity contribution in [3.63, 3.8) is 0 Å². The second-order valence-electron chi connectivity index (χ2n) is 4.42. The summed E-state index contributed by atoms with van der Waals surface area (Å²) in [4.78, 5) is 0. The summed E-state index contributed by atoms with van der Waals surface area (Å²) in [6.07, 6.45) is 6.08. The average molecular weight is 166 g/mol. The van der Waals surface area contributed by atoms with Gasteiger partial charge >= 0.3 is 0 Å². The van der Waals surface area contributed by atoms with Gasteiger partial charge in [-0.1, -0.05) is 11.6 Å². The fourth-order valence-corrected chi connectivity index (χ4v) is 3.12. The number of hydrogen-bond acceptors (Lipinski definition) is 1. The molecule has 0 amide bonds. The largest absolute Gasteiger partial charge is 0.393 e. The van der Waals surface area contributed by atoms with E-state index in [1.54, 1.807) is 5.57 Å². The lowest BCUT2D eigenvalue weighted by atomic mass is 9.82. The van der Waals surface area contributed by atoms with Crippen LogP contribution < -0.4 is 0 Å². The summed E-state index contributed by atoms with van der Waals surface area (Å²) in [5.41, 5.74) is 1.61. The first kappa shape index (κ1) is 8.31. The molecule has 4 atom stereocenters. The maximum absolute atomic E-state index is 9.56. The quantitative estimate of drug-likeness (QED) is 0.593. The Labute approximate surface area is 74.5 Å². The van der Waals surface area contributed by atoms with Crippen LogP contribution in [0.1, 0.15) is 33.1 Å². The summed E-state index contributed by atoms with van der Waals surface area (Å²) in [6, 6.07) is 0. The molecule has 4 unspecified atom stereocenters. The molecule has 1 heteroatoms. The first-order valence-corrected chi connectivity index (χ1v) is 5.05. The fourth-order valence-electron chi connectivity index (χ4n) is 3.12. The van der Waals surface area contributed by atoms with Crippen LogP contribution in [-0.4, -0.2) is 11.2 Å². The van der Waals surface area contributed by atoms with Gasteiger partial charge in [0.05, 0.1) is 6.10 Å². The summed E-state index contributed by atoms with van der Waals surface area (Å²) < 4.78 is 0. The normalized spacial score (nSPS) is 45.6. The molecule has 12 heavy (non-hydrogen) atoms. The highest BCUT2D eigenvalue weighted by Gasteiger charge is 2.43. The topological polar surface area (TPSA) is 20.2 Å². The molecule has 2 aliphatic carbocycles. The molecular weight excluding hydrogens is 148 g/mol. The van der Waals surface area contributed by atoms with Crippen LogP contribution in [0.15, 0.2) is 11.6 Å². The molecule has 0 aromatic rings. The van der Waals surface area contributed by atoms with Gasteiger partial charge in [0.25, 0.3) is 0 Å². The van der Waals surface area contributed by atoms with Gasteiger partial charge in [-0.2, -0.15) is 0 Å². The van der Waals surface area contributed by atoms with Crippen LogP contribution in [0.4, 0.5) is 0 Å². The van der Waals surface area contributed by atoms with E-state index in [1.807, 2.05) is 6.92 Å². The van der Waals surface area contributed by atoms with E-state index in [0.717, 1.165) is 11.8 Å². The molecule has 0 radical (unpaired) electrons. The predicted octanol–water partition coefficient (Wildman–Crippen LogP) is 2.36. The zero-order valence-corrected chi connectivity index (χ0v) is 7.96. The maximum atomic E-state index is 9.56. The molecule has 0 aromatic heterocycles. The second kappa shape index (κ2) is 2.88. The molecule has 0 spiro atoms. The molecule has 68 valence electrons. The number of fused-ring (bicyclic) bond motifs is 2. The molecule has 1 nitrogen and oxygen atoms in total. The highest BCUT2D eigenvalue weighted by molar-refractivity contribution is 5.18. The third kappa shape index (κ3) is 1.11. The Morgan fingerprint density at radius 1 is 1.50 bits per heavy atom. The second-order valence-corrected chi connectivity index (χ2v) is 4.42. The lowest BCUT2D eigenvalue weighted by molar-refractivity contribution is 0.104. The fraction of sp³-hybridized carbons (Fsp3) is 0.818. The highest BCUT2D eigenvalue weighted by Crippen LogP contribution is 2.52. The van der Waals surface area contributed by atoms with Crippen molar-refractivity contribution in [3.05, 3.63) is 11.6 Å². The van der Waals surface area contributed by atoms with Crippen molar-refractivity contribution in [3.8, 4) is 0 Å². The third-order valence-electron chi connectivity index (χ3n) is 3.70. The highest BCUT2D eigenvalue weighted by atomic mass is 16.3. The van der Waals surface area contributed by atoms with Gasteiger partial charge in [-0.15, -0.1) is 0 Å². The molecule has 0 aliphatic heterocycles. The Morgan fingerprint density at radius 2 is 2.25 bits per heavy atom. The molecule has 2 bridgehead atoms. The van der Waals surface area contributed by atoms with Crippen LogP contribution in [-0.2, 0) is 0 Å². The van der Waals surface area contributed by atoms with Crippen molar-refractivity contribution >= 4 is 0 Å². The van der Waals surface area contributed by atoms with Gasteiger partial charge in [-0.25, -0.2) is 0 Å². The standard InChI is InChI=1S/C11H18O/c1-3-9-4-8-5-10(7(2)12)11(9)6-8/h3,7-8,10-12H,4-6H2,1-2H3/b9-3+. The van der Waals surface area contributed by atoms with Crippen molar-refractivity contribution in [1.82, 2.24) is 0 Å². The van der Waals surface area contributed by atoms with Crippen LogP contribution >= 0.6 is 0 Å². The lowest BCUT2D eigenvalue weighted by Gasteiger charge is -2.26. The Hall–Kier alpha value is -0.300. The first-order chi connectivity index (χ1) is 5.72. The van der Waals surface area contributed by atoms with Crippen molar-refractivity contribution < 1.29 is 5.11 Å². The van der Waals surface area contributed by atoms with E-state index in [0.29, 0.717) is 5.92 Å². The van der Waals surface area contributed by atoms with E-state index >= 15 is 0 Å². The number of rotatable bonds is 1. The predicted molar refractivity (Wildman–Crippen MR) is 49.8 cm³/mol. The van der Waals surface area contributed by atoms with Crippen molar-refractivity contribution in [2.75, 3.05) is 0 Å². The summed E-state index contributed by atoms with van der Waals surface area (Å²) in [5.74, 6) is 2.18. The van der Waals surface area contributed by atoms with Crippen LogP contribution in [0.3, 0.4) is 0 Å². The number of hydrogen-bond donors (Lipinski definition) is 1. The van der Waals surface area contributed by atoms with Gasteiger partial charge in [0.1, 0.15) is 0 Å². The minimum Gasteiger partial charge on any atom is -0.393 e. The average Bonchev–Trinajstić information content (AvgIpc) is 2.60. The third-order valence-corrected chi connectivity index (χ3v) is 3.70. The summed E-state index contributed by atoms with van der Waals surface area (Å²) >= 11 is 0. The van der Waals surface area contributed by atoms with Gasteiger partial charge in [0, 0.05) is 0 Å². The van der Waals surface area contributed by atoms with E-state index in [2.05, 4.69) is 13.0 Å². The molecule has 2 fully saturated rings. The Morgan fingerprint density at radius 3 is 2.75 bits per heavy atom. The van der Waals surface area contributed by atoms with Crippen LogP contribution in [0.2, 0.25) is 0 Å². The van der Waals surface area contributed by atoms with E-state index in [-0.39, 0.29) is 6.10 Å². The van der Waals surface area contributed by atoms with Gasteiger partial charge in [-0.05, 0) is 50.9 Å². The smallest absolute Gasteiger partial charge is 0.0546 e. The van der Waals surface area contributed by atoms with E-state index in [1.165, 1.54) is 19.3 Å². The number of allylic oxidation sites excluding steroid dienone is 2. The number of aliphatic hydroxyl groups is 1. The SMILES string of the molecule is C/C=C1\CC2CC1C(C(C)O)C2. The van der Waals surface area contributed by atoms with Gasteiger partial charge in [0.2, 0.25) is 0 Å². The van der Waals surface area contributed by atoms with Gasteiger partial charge in [-0.3, -0.25) is 0 Å². The van der Waals surface area contributed by atoms with E-state index in [9.17, 15) is 5.11 Å². The molecule has 2 saturated carbocycles. The minimum atomic E-state index is -0.102. The molecule has 1 N–H and O–H groups in total. The van der Waals surface area contributed by atoms with Gasteiger partial charge < -0.3 is 5.11 Å². The molecule has 2 rings (SSSR count). The molecule has 2 aliphatic rings. The first-order valence-electron chi connectivity index (χ1n) is 5.05. The van der Waals surface area contributed by atoms with Gasteiger partial charge in [0.15, 0.2) is 0 Å². The van der Waals surface area contributed by atoms with Crippen LogP contribution in [0.25, 0.3) is 0 Å². The zero-order chi connectivity index (χ0) is 8.72. The lowest BCUT2D eigenvalue weighted by Crippen LogP contribution is -2.23. The van der Waals surface area contributed by atoms with Crippen LogP contribution in [0.5, 0.6) is 0 Å². The van der Waals surface area contributed by atoms with E-state index in [4.69, 9.17) is 0 Å². The summed E-state index contributed by atoms with van der Waals surface area (Å²) in [7, 11) is 0. The molecular formula is C11H18O. The molecule has 0 aromatic carbocycles. The summed E-state index contributed by atoms with van der Waals surface area (Å²) in [6.45, 7) is 4.08.